The van der Waals surface area contributed by atoms with Crippen molar-refractivity contribution in [2.75, 3.05) is 18.4 Å². The molecule has 2 unspecified atom stereocenters. The number of hydrogen-bond acceptors (Lipinski definition) is 5. The lowest BCUT2D eigenvalue weighted by Gasteiger charge is -2.41. The SMILES string of the molecule is O=C(CCCCCN1C(=O)C2SC=CC2N(CC(=O)Nc2cccc(Cl)c2)C1=O)NCc1ccccc1Cl. The van der Waals surface area contributed by atoms with E-state index in [1.54, 1.807) is 41.8 Å². The molecular formula is C27H28Cl2N4O4S. The maximum absolute atomic E-state index is 13.3. The van der Waals surface area contributed by atoms with Crippen molar-refractivity contribution in [1.82, 2.24) is 15.1 Å². The number of anilines is 1. The first kappa shape index (κ1) is 28.0. The Morgan fingerprint density at radius 1 is 0.974 bits per heavy atom. The van der Waals surface area contributed by atoms with Gasteiger partial charge in [0.1, 0.15) is 11.8 Å². The molecular weight excluding hydrogens is 547 g/mol. The summed E-state index contributed by atoms with van der Waals surface area (Å²) in [7, 11) is 0. The van der Waals surface area contributed by atoms with Gasteiger partial charge in [0.2, 0.25) is 17.7 Å². The van der Waals surface area contributed by atoms with E-state index in [9.17, 15) is 19.2 Å². The van der Waals surface area contributed by atoms with Crippen molar-refractivity contribution < 1.29 is 19.2 Å². The van der Waals surface area contributed by atoms with Crippen LogP contribution in [-0.4, -0.2) is 57.9 Å². The lowest BCUT2D eigenvalue weighted by atomic mass is 10.1. The Kier molecular flexibility index (Phi) is 9.71. The Morgan fingerprint density at radius 2 is 1.79 bits per heavy atom. The number of nitrogens with zero attached hydrogens (tertiary/aromatic N) is 2. The van der Waals surface area contributed by atoms with E-state index >= 15 is 0 Å². The van der Waals surface area contributed by atoms with Gasteiger partial charge in [-0.05, 0) is 48.1 Å². The van der Waals surface area contributed by atoms with Gasteiger partial charge in [0, 0.05) is 35.2 Å². The third kappa shape index (κ3) is 7.09. The van der Waals surface area contributed by atoms with Gasteiger partial charge in [-0.25, -0.2) is 4.79 Å². The molecule has 2 aliphatic heterocycles. The van der Waals surface area contributed by atoms with E-state index in [0.29, 0.717) is 48.0 Å². The lowest BCUT2D eigenvalue weighted by Crippen LogP contribution is -2.63. The third-order valence-electron chi connectivity index (χ3n) is 6.30. The summed E-state index contributed by atoms with van der Waals surface area (Å²) in [5, 5.41) is 8.04. The van der Waals surface area contributed by atoms with Crippen LogP contribution in [-0.2, 0) is 20.9 Å². The van der Waals surface area contributed by atoms with Crippen molar-refractivity contribution in [2.24, 2.45) is 0 Å². The molecule has 1 fully saturated rings. The van der Waals surface area contributed by atoms with Crippen LogP contribution in [0.5, 0.6) is 0 Å². The monoisotopic (exact) mass is 574 g/mol. The van der Waals surface area contributed by atoms with Crippen molar-refractivity contribution in [3.63, 3.8) is 0 Å². The summed E-state index contributed by atoms with van der Waals surface area (Å²) in [5.74, 6) is -0.705. The number of hydrogen-bond donors (Lipinski definition) is 2. The molecule has 5 amide bonds. The van der Waals surface area contributed by atoms with E-state index in [4.69, 9.17) is 23.2 Å². The average Bonchev–Trinajstić information content (AvgIpc) is 3.38. The number of fused-ring (bicyclic) bond motifs is 1. The maximum atomic E-state index is 13.3. The van der Waals surface area contributed by atoms with Gasteiger partial charge in [0.25, 0.3) is 0 Å². The summed E-state index contributed by atoms with van der Waals surface area (Å²) in [6.07, 6.45) is 3.99. The minimum Gasteiger partial charge on any atom is -0.352 e. The fraction of sp³-hybridized carbons (Fsp3) is 0.333. The van der Waals surface area contributed by atoms with Crippen LogP contribution in [0, 0.1) is 0 Å². The molecule has 38 heavy (non-hydrogen) atoms. The summed E-state index contributed by atoms with van der Waals surface area (Å²) in [6, 6.07) is 13.1. The minimum absolute atomic E-state index is 0.0804. The van der Waals surface area contributed by atoms with E-state index in [0.717, 1.165) is 5.56 Å². The number of halogens is 2. The van der Waals surface area contributed by atoms with Crippen molar-refractivity contribution in [3.8, 4) is 0 Å². The zero-order chi connectivity index (χ0) is 27.1. The molecule has 2 aromatic carbocycles. The van der Waals surface area contributed by atoms with Gasteiger partial charge in [0.15, 0.2) is 0 Å². The molecule has 11 heteroatoms. The molecule has 0 saturated carbocycles. The lowest BCUT2D eigenvalue weighted by molar-refractivity contribution is -0.132. The smallest absolute Gasteiger partial charge is 0.327 e. The zero-order valence-corrected chi connectivity index (χ0v) is 22.9. The second-order valence-corrected chi connectivity index (χ2v) is 10.9. The van der Waals surface area contributed by atoms with Crippen LogP contribution in [0.3, 0.4) is 0 Å². The Labute approximate surface area is 235 Å². The predicted octanol–water partition coefficient (Wildman–Crippen LogP) is 5.07. The van der Waals surface area contributed by atoms with Crippen molar-refractivity contribution >= 4 is 64.4 Å². The van der Waals surface area contributed by atoms with Gasteiger partial charge in [-0.1, -0.05) is 60.0 Å². The first-order valence-electron chi connectivity index (χ1n) is 12.3. The molecule has 0 radical (unpaired) electrons. The zero-order valence-electron chi connectivity index (χ0n) is 20.6. The highest BCUT2D eigenvalue weighted by Gasteiger charge is 2.47. The summed E-state index contributed by atoms with van der Waals surface area (Å²) in [5.41, 5.74) is 1.39. The highest BCUT2D eigenvalue weighted by Crippen LogP contribution is 2.34. The highest BCUT2D eigenvalue weighted by molar-refractivity contribution is 8.03. The second-order valence-electron chi connectivity index (χ2n) is 9.01. The summed E-state index contributed by atoms with van der Waals surface area (Å²) in [6.45, 7) is 0.409. The van der Waals surface area contributed by atoms with Crippen LogP contribution in [0.25, 0.3) is 0 Å². The van der Waals surface area contributed by atoms with Crippen LogP contribution in [0.2, 0.25) is 10.0 Å². The van der Waals surface area contributed by atoms with Gasteiger partial charge in [0.05, 0.1) is 6.04 Å². The van der Waals surface area contributed by atoms with Crippen LogP contribution >= 0.6 is 35.0 Å². The Bertz CT molecular complexity index is 1240. The van der Waals surface area contributed by atoms with Crippen molar-refractivity contribution in [1.29, 1.82) is 0 Å². The maximum Gasteiger partial charge on any atom is 0.327 e. The fourth-order valence-electron chi connectivity index (χ4n) is 4.35. The van der Waals surface area contributed by atoms with Crippen molar-refractivity contribution in [2.45, 2.75) is 43.5 Å². The first-order valence-corrected chi connectivity index (χ1v) is 14.0. The molecule has 1 saturated heterocycles. The number of carbonyl (C=O) groups is 4. The summed E-state index contributed by atoms with van der Waals surface area (Å²) >= 11 is 13.5. The number of thioether (sulfide) groups is 1. The van der Waals surface area contributed by atoms with Crippen molar-refractivity contribution in [3.05, 3.63) is 75.6 Å². The number of benzene rings is 2. The number of rotatable bonds is 11. The molecule has 0 bridgehead atoms. The fourth-order valence-corrected chi connectivity index (χ4v) is 5.81. The molecule has 2 N–H and O–H groups in total. The molecule has 0 aliphatic carbocycles. The van der Waals surface area contributed by atoms with Gasteiger partial charge in [-0.15, -0.1) is 11.8 Å². The Balaban J connectivity index is 1.25. The molecule has 2 aliphatic rings. The first-order chi connectivity index (χ1) is 18.3. The molecule has 2 aromatic rings. The Hall–Kier alpha value is -3.01. The van der Waals surface area contributed by atoms with E-state index < -0.39 is 17.3 Å². The van der Waals surface area contributed by atoms with E-state index in [-0.39, 0.29) is 30.8 Å². The van der Waals surface area contributed by atoms with Gasteiger partial charge in [-0.2, -0.15) is 0 Å². The van der Waals surface area contributed by atoms with Gasteiger partial charge < -0.3 is 15.5 Å². The highest BCUT2D eigenvalue weighted by atomic mass is 35.5. The van der Waals surface area contributed by atoms with Crippen LogP contribution in [0.4, 0.5) is 10.5 Å². The van der Waals surface area contributed by atoms with Crippen LogP contribution in [0.1, 0.15) is 31.2 Å². The molecule has 0 spiro atoms. The minimum atomic E-state index is -0.484. The number of amides is 5. The molecule has 0 aromatic heterocycles. The van der Waals surface area contributed by atoms with E-state index in [1.165, 1.54) is 21.6 Å². The Morgan fingerprint density at radius 3 is 2.58 bits per heavy atom. The topological polar surface area (TPSA) is 98.8 Å². The second kappa shape index (κ2) is 13.2. The number of unbranched alkanes of at least 4 members (excludes halogenated alkanes) is 2. The molecule has 8 nitrogen and oxygen atoms in total. The van der Waals surface area contributed by atoms with Crippen LogP contribution in [0.15, 0.2) is 60.0 Å². The molecule has 2 heterocycles. The third-order valence-corrected chi connectivity index (χ3v) is 7.99. The van der Waals surface area contributed by atoms with E-state index in [1.807, 2.05) is 18.2 Å². The normalized spacial score (nSPS) is 18.5. The van der Waals surface area contributed by atoms with Gasteiger partial charge in [-0.3, -0.25) is 19.3 Å². The standard InChI is InChI=1S/C27H28Cl2N4O4S/c28-19-8-6-9-20(15-19)31-24(35)17-33-22-12-14-38-25(22)26(36)32(27(33)37)13-5-1-2-11-23(34)30-16-18-7-3-4-10-21(18)29/h3-4,6-10,12,14-15,22,25H,1-2,5,11,13,16-17H2,(H,30,34)(H,31,35). The predicted molar refractivity (Wildman–Crippen MR) is 150 cm³/mol. The number of urea groups is 1. The molecule has 200 valence electrons. The van der Waals surface area contributed by atoms with Crippen LogP contribution < -0.4 is 10.6 Å². The average molecular weight is 576 g/mol. The summed E-state index contributed by atoms with van der Waals surface area (Å²) < 4.78 is 0. The largest absolute Gasteiger partial charge is 0.352 e. The number of imide groups is 1. The number of carbonyl (C=O) groups excluding carboxylic acids is 4. The molecule has 2 atom stereocenters. The summed E-state index contributed by atoms with van der Waals surface area (Å²) in [4.78, 5) is 53.8. The number of nitrogens with one attached hydrogen (secondary N) is 2. The molecule has 4 rings (SSSR count). The van der Waals surface area contributed by atoms with Gasteiger partial charge >= 0.3 is 6.03 Å². The quantitative estimate of drug-likeness (QED) is 0.365. The van der Waals surface area contributed by atoms with E-state index in [2.05, 4.69) is 10.6 Å².